The molecule has 0 aliphatic carbocycles. The van der Waals surface area contributed by atoms with Crippen LogP contribution in [0.15, 0.2) is 23.4 Å². The lowest BCUT2D eigenvalue weighted by Crippen LogP contribution is -2.45. The fraction of sp³-hybridized carbons (Fsp3) is 0.611. The highest BCUT2D eigenvalue weighted by molar-refractivity contribution is 7.89. The van der Waals surface area contributed by atoms with Crippen molar-refractivity contribution < 1.29 is 13.2 Å². The minimum atomic E-state index is -3.66. The van der Waals surface area contributed by atoms with Crippen molar-refractivity contribution in [3.05, 3.63) is 29.8 Å². The molecule has 0 bridgehead atoms. The minimum absolute atomic E-state index is 0.132. The van der Waals surface area contributed by atoms with Gasteiger partial charge < -0.3 is 5.32 Å². The molecule has 3 rings (SSSR count). The molecule has 2 aromatic heterocycles. The average Bonchev–Trinajstić information content (AvgIpc) is 3.32. The van der Waals surface area contributed by atoms with Crippen molar-refractivity contribution in [2.45, 2.75) is 58.1 Å². The van der Waals surface area contributed by atoms with E-state index in [1.54, 1.807) is 22.5 Å². The number of hydrogen-bond acceptors (Lipinski definition) is 5. The zero-order chi connectivity index (χ0) is 20.3. The number of sulfonamides is 1. The van der Waals surface area contributed by atoms with Gasteiger partial charge in [0.1, 0.15) is 4.90 Å². The van der Waals surface area contributed by atoms with Crippen LogP contribution in [-0.4, -0.2) is 51.3 Å². The Hall–Kier alpha value is -2.20. The predicted molar refractivity (Wildman–Crippen MR) is 104 cm³/mol. The molecule has 1 amide bonds. The molecule has 1 atom stereocenters. The first-order valence-electron chi connectivity index (χ1n) is 9.69. The summed E-state index contributed by atoms with van der Waals surface area (Å²) in [6.45, 7) is 7.94. The van der Waals surface area contributed by atoms with Gasteiger partial charge >= 0.3 is 0 Å². The molecular formula is C18H28N6O3S. The van der Waals surface area contributed by atoms with E-state index in [0.29, 0.717) is 38.2 Å². The maximum atomic E-state index is 13.0. The lowest BCUT2D eigenvalue weighted by atomic mass is 9.99. The Morgan fingerprint density at radius 2 is 2.00 bits per heavy atom. The van der Waals surface area contributed by atoms with Gasteiger partial charge in [0.25, 0.3) is 0 Å². The summed E-state index contributed by atoms with van der Waals surface area (Å²) in [6, 6.07) is 1.87. The van der Waals surface area contributed by atoms with Crippen molar-refractivity contribution in [2.75, 3.05) is 13.1 Å². The summed E-state index contributed by atoms with van der Waals surface area (Å²) in [5.74, 6) is -0.495. The van der Waals surface area contributed by atoms with E-state index >= 15 is 0 Å². The fourth-order valence-corrected chi connectivity index (χ4v) is 5.12. The maximum Gasteiger partial charge on any atom is 0.246 e. The Balaban J connectivity index is 1.65. The van der Waals surface area contributed by atoms with Crippen LogP contribution in [0.25, 0.3) is 0 Å². The van der Waals surface area contributed by atoms with Crippen LogP contribution in [0.5, 0.6) is 0 Å². The SMILES string of the molecule is CCn1ccc(CNC(=O)[C@@H]2CCCN(S(=O)(=O)c3cn(CC)nc3C)C2)n1. The molecule has 0 radical (unpaired) electrons. The number of carbonyl (C=O) groups is 1. The minimum Gasteiger partial charge on any atom is -0.350 e. The second kappa shape index (κ2) is 8.44. The van der Waals surface area contributed by atoms with Crippen LogP contribution in [0.1, 0.15) is 38.1 Å². The second-order valence-corrected chi connectivity index (χ2v) is 8.92. The number of rotatable bonds is 7. The number of hydrogen-bond donors (Lipinski definition) is 1. The third kappa shape index (κ3) is 4.27. The van der Waals surface area contributed by atoms with Gasteiger partial charge in [0.2, 0.25) is 15.9 Å². The Kier molecular flexibility index (Phi) is 6.19. The number of aromatic nitrogens is 4. The molecule has 2 aromatic rings. The molecule has 1 N–H and O–H groups in total. The van der Waals surface area contributed by atoms with E-state index in [4.69, 9.17) is 0 Å². The first kappa shape index (κ1) is 20.5. The summed E-state index contributed by atoms with van der Waals surface area (Å²) in [5.41, 5.74) is 1.28. The standard InChI is InChI=1S/C18H28N6O3S/c1-4-22-10-8-16(21-22)11-19-18(25)15-7-6-9-24(12-15)28(26,27)17-13-23(5-2)20-14(17)3/h8,10,13,15H,4-7,9,11-12H2,1-3H3,(H,19,25)/t15-/m1/s1. The molecule has 1 aliphatic rings. The lowest BCUT2D eigenvalue weighted by molar-refractivity contribution is -0.126. The van der Waals surface area contributed by atoms with Crippen LogP contribution in [0.2, 0.25) is 0 Å². The zero-order valence-electron chi connectivity index (χ0n) is 16.6. The van der Waals surface area contributed by atoms with Crippen molar-refractivity contribution in [1.82, 2.24) is 29.2 Å². The highest BCUT2D eigenvalue weighted by atomic mass is 32.2. The first-order valence-corrected chi connectivity index (χ1v) is 11.1. The van der Waals surface area contributed by atoms with Gasteiger partial charge in [-0.15, -0.1) is 0 Å². The third-order valence-electron chi connectivity index (χ3n) is 5.06. The number of nitrogens with one attached hydrogen (secondary N) is 1. The first-order chi connectivity index (χ1) is 13.3. The molecule has 1 fully saturated rings. The highest BCUT2D eigenvalue weighted by Crippen LogP contribution is 2.25. The topological polar surface area (TPSA) is 102 Å². The zero-order valence-corrected chi connectivity index (χ0v) is 17.4. The Morgan fingerprint density at radius 1 is 1.25 bits per heavy atom. The molecule has 0 saturated carbocycles. The van der Waals surface area contributed by atoms with E-state index in [1.807, 2.05) is 26.1 Å². The average molecular weight is 409 g/mol. The van der Waals surface area contributed by atoms with Crippen LogP contribution in [0, 0.1) is 12.8 Å². The molecular weight excluding hydrogens is 380 g/mol. The van der Waals surface area contributed by atoms with Gasteiger partial charge in [-0.25, -0.2) is 8.42 Å². The summed E-state index contributed by atoms with van der Waals surface area (Å²) < 4.78 is 30.9. The van der Waals surface area contributed by atoms with Crippen LogP contribution in [-0.2, 0) is 34.5 Å². The van der Waals surface area contributed by atoms with Crippen LogP contribution in [0.4, 0.5) is 0 Å². The third-order valence-corrected chi connectivity index (χ3v) is 7.03. The predicted octanol–water partition coefficient (Wildman–Crippen LogP) is 1.14. The van der Waals surface area contributed by atoms with Gasteiger partial charge in [-0.3, -0.25) is 14.2 Å². The summed E-state index contributed by atoms with van der Waals surface area (Å²) in [7, 11) is -3.66. The molecule has 0 spiro atoms. The van der Waals surface area contributed by atoms with Gasteiger partial charge in [0.05, 0.1) is 23.9 Å². The number of piperidine rings is 1. The summed E-state index contributed by atoms with van der Waals surface area (Å²) in [6.07, 6.45) is 4.77. The van der Waals surface area contributed by atoms with E-state index in [2.05, 4.69) is 15.5 Å². The highest BCUT2D eigenvalue weighted by Gasteiger charge is 2.35. The molecule has 10 heteroatoms. The number of aryl methyl sites for hydroxylation is 3. The smallest absolute Gasteiger partial charge is 0.246 e. The lowest BCUT2D eigenvalue weighted by Gasteiger charge is -2.31. The van der Waals surface area contributed by atoms with Crippen molar-refractivity contribution in [3.8, 4) is 0 Å². The number of amides is 1. The van der Waals surface area contributed by atoms with E-state index in [9.17, 15) is 13.2 Å². The van der Waals surface area contributed by atoms with Gasteiger partial charge in [-0.2, -0.15) is 14.5 Å². The molecule has 1 saturated heterocycles. The van der Waals surface area contributed by atoms with Gasteiger partial charge in [-0.1, -0.05) is 0 Å². The van der Waals surface area contributed by atoms with E-state index < -0.39 is 10.0 Å². The van der Waals surface area contributed by atoms with Crippen LogP contribution >= 0.6 is 0 Å². The van der Waals surface area contributed by atoms with Crippen LogP contribution < -0.4 is 5.32 Å². The molecule has 0 aromatic carbocycles. The monoisotopic (exact) mass is 408 g/mol. The summed E-state index contributed by atoms with van der Waals surface area (Å²) >= 11 is 0. The molecule has 9 nitrogen and oxygen atoms in total. The van der Waals surface area contributed by atoms with E-state index in [1.165, 1.54) is 4.31 Å². The Morgan fingerprint density at radius 3 is 2.64 bits per heavy atom. The maximum absolute atomic E-state index is 13.0. The molecule has 1 aliphatic heterocycles. The van der Waals surface area contributed by atoms with Crippen molar-refractivity contribution in [2.24, 2.45) is 5.92 Å². The number of nitrogens with zero attached hydrogens (tertiary/aromatic N) is 5. The van der Waals surface area contributed by atoms with E-state index in [-0.39, 0.29) is 23.3 Å². The normalized spacial score (nSPS) is 18.3. The van der Waals surface area contributed by atoms with Crippen molar-refractivity contribution >= 4 is 15.9 Å². The number of carbonyl (C=O) groups excluding carboxylic acids is 1. The Labute approximate surface area is 165 Å². The molecule has 154 valence electrons. The van der Waals surface area contributed by atoms with Crippen molar-refractivity contribution in [3.63, 3.8) is 0 Å². The molecule has 28 heavy (non-hydrogen) atoms. The van der Waals surface area contributed by atoms with Gasteiger partial charge in [0.15, 0.2) is 0 Å². The summed E-state index contributed by atoms with van der Waals surface area (Å²) in [4.78, 5) is 12.8. The van der Waals surface area contributed by atoms with Gasteiger partial charge in [0, 0.05) is 38.6 Å². The largest absolute Gasteiger partial charge is 0.350 e. The Bertz CT molecular complexity index is 933. The quantitative estimate of drug-likeness (QED) is 0.740. The van der Waals surface area contributed by atoms with Gasteiger partial charge in [-0.05, 0) is 39.7 Å². The van der Waals surface area contributed by atoms with E-state index in [0.717, 1.165) is 12.2 Å². The molecule has 0 unspecified atom stereocenters. The van der Waals surface area contributed by atoms with Crippen LogP contribution in [0.3, 0.4) is 0 Å². The fourth-order valence-electron chi connectivity index (χ4n) is 3.42. The molecule has 3 heterocycles. The van der Waals surface area contributed by atoms with Crippen molar-refractivity contribution in [1.29, 1.82) is 0 Å². The summed E-state index contributed by atoms with van der Waals surface area (Å²) in [5, 5.41) is 11.5. The second-order valence-electron chi connectivity index (χ2n) is 7.02.